The lowest BCUT2D eigenvalue weighted by Gasteiger charge is -2.63. The van der Waals surface area contributed by atoms with Crippen molar-refractivity contribution in [1.29, 1.82) is 0 Å². The molecule has 34 atom stereocenters. The van der Waals surface area contributed by atoms with Gasteiger partial charge in [-0.05, 0) is 69.1 Å². The first kappa shape index (κ1) is 71.2. The summed E-state index contributed by atoms with van der Waals surface area (Å²) in [6, 6.07) is 0. The molecular formula is C61H96O31. The Balaban J connectivity index is 0.810. The average molecular weight is 1330 g/mol. The quantitative estimate of drug-likeness (QED) is 0.0536. The number of allylic oxidation sites excluding steroid dienone is 2. The standard InChI is InChI=1S/C61H96O31/c1-7-27(66)30-14-24(2)61(92-30)15-35(69)59(6)26-8-9-34-56(3,25(26)10-13-58(59,61)5)12-11-36(57(34,4)21-64)87-50-44(77)42(75)40(73)33(86-50)20-82-52-46(37(70)28(67)18-80-52)90-54-48(91-55-49(78)60(79,22-65)23-83-55)45(41(74)32(17-63)85-54)88-53-47(38(71)29(68)19-81-53)89-51-43(76)39(72)31(16-62)84-51/h24,28-34,36-55,62-65,67-68,70-79H,7-23H2,1-6H3. The Morgan fingerprint density at radius 2 is 1.16 bits per heavy atom. The van der Waals surface area contributed by atoms with Gasteiger partial charge >= 0.3 is 0 Å². The lowest BCUT2D eigenvalue weighted by Crippen LogP contribution is -2.67. The Morgan fingerprint density at radius 3 is 1.79 bits per heavy atom. The molecular weight excluding hydrogens is 1230 g/mol. The lowest BCUT2D eigenvalue weighted by molar-refractivity contribution is -0.397. The fraction of sp³-hybridized carbons (Fsp3) is 0.934. The summed E-state index contributed by atoms with van der Waals surface area (Å²) in [6.07, 6.45) is -40.7. The molecule has 0 bridgehead atoms. The second-order valence-electron chi connectivity index (χ2n) is 28.4. The van der Waals surface area contributed by atoms with E-state index in [-0.39, 0.29) is 36.4 Å². The Morgan fingerprint density at radius 1 is 0.587 bits per heavy atom. The van der Waals surface area contributed by atoms with E-state index in [1.165, 1.54) is 5.57 Å². The molecule has 0 aromatic heterocycles. The minimum absolute atomic E-state index is 0.0253. The van der Waals surface area contributed by atoms with Gasteiger partial charge in [-0.25, -0.2) is 0 Å². The highest BCUT2D eigenvalue weighted by Crippen LogP contribution is 2.74. The zero-order valence-corrected chi connectivity index (χ0v) is 52.5. The molecule has 92 heavy (non-hydrogen) atoms. The van der Waals surface area contributed by atoms with Crippen molar-refractivity contribution < 1.29 is 153 Å². The molecule has 1 spiro atoms. The first-order chi connectivity index (χ1) is 43.4. The number of aliphatic hydroxyl groups is 16. The second kappa shape index (κ2) is 26.9. The number of fused-ring (bicyclic) bond motifs is 5. The van der Waals surface area contributed by atoms with E-state index in [4.69, 9.17) is 61.6 Å². The summed E-state index contributed by atoms with van der Waals surface area (Å²) in [5.41, 5.74) is -3.79. The molecule has 7 aliphatic heterocycles. The Kier molecular flexibility index (Phi) is 20.8. The molecule has 9 fully saturated rings. The highest BCUT2D eigenvalue weighted by molar-refractivity contribution is 5.94. The van der Waals surface area contributed by atoms with Gasteiger partial charge < -0.3 is 143 Å². The fourth-order valence-corrected chi connectivity index (χ4v) is 17.6. The van der Waals surface area contributed by atoms with E-state index in [9.17, 15) is 91.3 Å². The summed E-state index contributed by atoms with van der Waals surface area (Å²) in [5, 5.41) is 176. The average Bonchev–Trinajstić information content (AvgIpc) is 1.44. The van der Waals surface area contributed by atoms with Crippen molar-refractivity contribution in [3.8, 4) is 0 Å². The highest BCUT2D eigenvalue weighted by atomic mass is 16.8. The molecule has 0 aromatic rings. The van der Waals surface area contributed by atoms with Crippen molar-refractivity contribution >= 4 is 11.6 Å². The van der Waals surface area contributed by atoms with E-state index in [2.05, 4.69) is 27.7 Å². The van der Waals surface area contributed by atoms with Crippen LogP contribution in [-0.4, -0.2) is 317 Å². The maximum atomic E-state index is 14.8. The first-order valence-electron chi connectivity index (χ1n) is 32.3. The Bertz CT molecular complexity index is 2640. The fourth-order valence-electron chi connectivity index (χ4n) is 17.6. The first-order valence-corrected chi connectivity index (χ1v) is 32.3. The van der Waals surface area contributed by atoms with Crippen LogP contribution in [0, 0.1) is 33.5 Å². The predicted molar refractivity (Wildman–Crippen MR) is 302 cm³/mol. The summed E-state index contributed by atoms with van der Waals surface area (Å²) >= 11 is 0. The van der Waals surface area contributed by atoms with Crippen molar-refractivity contribution in [2.45, 2.75) is 270 Å². The molecule has 4 aliphatic carbocycles. The molecule has 2 saturated carbocycles. The van der Waals surface area contributed by atoms with E-state index < -0.39 is 239 Å². The van der Waals surface area contributed by atoms with Gasteiger partial charge in [-0.2, -0.15) is 0 Å². The zero-order chi connectivity index (χ0) is 66.7. The molecule has 11 aliphatic rings. The van der Waals surface area contributed by atoms with Crippen LogP contribution in [0.4, 0.5) is 0 Å². The van der Waals surface area contributed by atoms with E-state index >= 15 is 0 Å². The van der Waals surface area contributed by atoms with Gasteiger partial charge in [0.25, 0.3) is 0 Å². The minimum Gasteiger partial charge on any atom is -0.396 e. The zero-order valence-electron chi connectivity index (χ0n) is 52.5. The number of Topliss-reactive ketones (excluding diaryl/α,β-unsaturated/α-hetero) is 2. The van der Waals surface area contributed by atoms with Crippen molar-refractivity contribution in [3.63, 3.8) is 0 Å². The number of ether oxygens (including phenoxy) is 13. The second-order valence-corrected chi connectivity index (χ2v) is 28.4. The number of ketones is 2. The van der Waals surface area contributed by atoms with Crippen molar-refractivity contribution in [3.05, 3.63) is 11.1 Å². The molecule has 0 amide bonds. The van der Waals surface area contributed by atoms with Gasteiger partial charge in [-0.3, -0.25) is 9.59 Å². The summed E-state index contributed by atoms with van der Waals surface area (Å²) in [7, 11) is 0. The van der Waals surface area contributed by atoms with Gasteiger partial charge in [0.15, 0.2) is 43.5 Å². The normalized spacial score (nSPS) is 53.8. The van der Waals surface area contributed by atoms with Crippen LogP contribution in [0.5, 0.6) is 0 Å². The topological polar surface area (TPSA) is 478 Å². The largest absolute Gasteiger partial charge is 0.396 e. The number of hydrogen-bond donors (Lipinski definition) is 16. The number of hydrogen-bond acceptors (Lipinski definition) is 31. The highest BCUT2D eigenvalue weighted by Gasteiger charge is 2.76. The van der Waals surface area contributed by atoms with Crippen LogP contribution in [-0.2, 0) is 71.2 Å². The lowest BCUT2D eigenvalue weighted by atomic mass is 9.42. The van der Waals surface area contributed by atoms with E-state index in [1.54, 1.807) is 0 Å². The molecule has 31 heteroatoms. The van der Waals surface area contributed by atoms with Gasteiger partial charge in [0.2, 0.25) is 0 Å². The van der Waals surface area contributed by atoms with Crippen LogP contribution in [0.1, 0.15) is 99.3 Å². The molecule has 34 unspecified atom stereocenters. The molecule has 0 aromatic carbocycles. The van der Waals surface area contributed by atoms with Crippen molar-refractivity contribution in [1.82, 2.24) is 0 Å². The minimum atomic E-state index is -2.32. The van der Waals surface area contributed by atoms with Crippen LogP contribution in [0.3, 0.4) is 0 Å². The monoisotopic (exact) mass is 1320 g/mol. The summed E-state index contributed by atoms with van der Waals surface area (Å²) in [5.74, 6) is -0.104. The van der Waals surface area contributed by atoms with Crippen LogP contribution in [0.15, 0.2) is 11.1 Å². The SMILES string of the molecule is CCC(=O)C1CC(C)C2(CC(=O)C3(C)C4=C(CCC32C)C2(C)CCC(OC3OC(COC5OCC(O)C(O)C5OC5OC(CO)C(O)C(OC6OCC(O)C(O)C6OC6OC(CO)C(O)C6O)C5OC5OCC(O)(CO)C5O)C(O)C(O)C3O)C(C)(CO)C2CC4)O1. The maximum absolute atomic E-state index is 14.8. The summed E-state index contributed by atoms with van der Waals surface area (Å²) in [4.78, 5) is 27.8. The van der Waals surface area contributed by atoms with Crippen molar-refractivity contribution in [2.24, 2.45) is 33.5 Å². The molecule has 7 heterocycles. The molecule has 31 nitrogen and oxygen atoms in total. The van der Waals surface area contributed by atoms with Gasteiger partial charge in [0.1, 0.15) is 127 Å². The molecule has 7 saturated heterocycles. The summed E-state index contributed by atoms with van der Waals surface area (Å²) in [6.45, 7) is 6.38. The van der Waals surface area contributed by atoms with Gasteiger partial charge in [-0.1, -0.05) is 45.8 Å². The Hall–Kier alpha value is -2.08. The maximum Gasteiger partial charge on any atom is 0.187 e. The Labute approximate surface area is 530 Å². The van der Waals surface area contributed by atoms with E-state index in [0.717, 1.165) is 5.57 Å². The molecule has 16 N–H and O–H groups in total. The van der Waals surface area contributed by atoms with Crippen LogP contribution in [0.25, 0.3) is 0 Å². The number of carbonyl (C=O) groups is 2. The number of aliphatic hydroxyl groups excluding tert-OH is 15. The molecule has 0 radical (unpaired) electrons. The summed E-state index contributed by atoms with van der Waals surface area (Å²) < 4.78 is 78.8. The third-order valence-corrected chi connectivity index (χ3v) is 23.5. The van der Waals surface area contributed by atoms with Gasteiger partial charge in [0.05, 0.1) is 70.0 Å². The van der Waals surface area contributed by atoms with E-state index in [1.807, 2.05) is 13.8 Å². The van der Waals surface area contributed by atoms with Crippen LogP contribution < -0.4 is 0 Å². The van der Waals surface area contributed by atoms with Crippen molar-refractivity contribution in [2.75, 3.05) is 52.9 Å². The van der Waals surface area contributed by atoms with Crippen LogP contribution >= 0.6 is 0 Å². The van der Waals surface area contributed by atoms with Gasteiger partial charge in [-0.15, -0.1) is 0 Å². The van der Waals surface area contributed by atoms with Crippen LogP contribution in [0.2, 0.25) is 0 Å². The third kappa shape index (κ3) is 11.5. The number of rotatable bonds is 19. The van der Waals surface area contributed by atoms with E-state index in [0.29, 0.717) is 51.4 Å². The molecule has 526 valence electrons. The third-order valence-electron chi connectivity index (χ3n) is 23.5. The predicted octanol–water partition coefficient (Wildman–Crippen LogP) is -5.72. The van der Waals surface area contributed by atoms with Gasteiger partial charge in [0, 0.05) is 23.7 Å². The molecule has 11 rings (SSSR count). The smallest absolute Gasteiger partial charge is 0.187 e. The number of carbonyl (C=O) groups excluding carboxylic acids is 2.